The van der Waals surface area contributed by atoms with E-state index < -0.39 is 5.97 Å². The number of anilines is 1. The van der Waals surface area contributed by atoms with Gasteiger partial charge in [-0.2, -0.15) is 5.10 Å². The SMILES string of the molecule is Cc1ccccc1C(=O)NCc1nn(CC(=O)Nc2cccc(C(=O)OC(C)C)c2)c(=S)n1C. The number of amides is 2. The highest BCUT2D eigenvalue weighted by molar-refractivity contribution is 7.71. The van der Waals surface area contributed by atoms with E-state index in [4.69, 9.17) is 17.0 Å². The Kier molecular flexibility index (Phi) is 7.95. The van der Waals surface area contributed by atoms with Gasteiger partial charge in [0.15, 0.2) is 10.6 Å². The van der Waals surface area contributed by atoms with Crippen LogP contribution in [0.25, 0.3) is 0 Å². The third kappa shape index (κ3) is 6.16. The van der Waals surface area contributed by atoms with E-state index in [1.54, 1.807) is 61.9 Å². The van der Waals surface area contributed by atoms with Gasteiger partial charge in [-0.1, -0.05) is 24.3 Å². The molecule has 3 rings (SSSR count). The van der Waals surface area contributed by atoms with Crippen molar-refractivity contribution in [1.82, 2.24) is 19.7 Å². The number of hydrogen-bond donors (Lipinski definition) is 2. The zero-order valence-corrected chi connectivity index (χ0v) is 20.3. The Morgan fingerprint density at radius 3 is 2.56 bits per heavy atom. The van der Waals surface area contributed by atoms with Crippen molar-refractivity contribution in [1.29, 1.82) is 0 Å². The largest absolute Gasteiger partial charge is 0.459 e. The Balaban J connectivity index is 1.64. The molecule has 0 aliphatic carbocycles. The Bertz CT molecular complexity index is 1280. The van der Waals surface area contributed by atoms with Crippen LogP contribution < -0.4 is 10.6 Å². The molecule has 0 saturated heterocycles. The molecule has 0 atom stereocenters. The fourth-order valence-electron chi connectivity index (χ4n) is 3.21. The Morgan fingerprint density at radius 1 is 1.12 bits per heavy atom. The van der Waals surface area contributed by atoms with Gasteiger partial charge in [-0.25, -0.2) is 9.48 Å². The van der Waals surface area contributed by atoms with E-state index >= 15 is 0 Å². The number of esters is 1. The molecule has 178 valence electrons. The number of nitrogens with zero attached hydrogens (tertiary/aromatic N) is 3. The van der Waals surface area contributed by atoms with Crippen LogP contribution in [0.15, 0.2) is 48.5 Å². The van der Waals surface area contributed by atoms with E-state index in [0.717, 1.165) is 5.56 Å². The second kappa shape index (κ2) is 10.9. The average Bonchev–Trinajstić information content (AvgIpc) is 3.05. The first-order valence-electron chi connectivity index (χ1n) is 10.7. The van der Waals surface area contributed by atoms with Crippen LogP contribution in [-0.4, -0.2) is 38.2 Å². The minimum atomic E-state index is -0.463. The molecule has 10 heteroatoms. The second-order valence-corrected chi connectivity index (χ2v) is 8.36. The Morgan fingerprint density at radius 2 is 1.85 bits per heavy atom. The van der Waals surface area contributed by atoms with Crippen LogP contribution in [0.5, 0.6) is 0 Å². The number of carbonyl (C=O) groups is 3. The number of benzene rings is 2. The highest BCUT2D eigenvalue weighted by Crippen LogP contribution is 2.13. The fraction of sp³-hybridized carbons (Fsp3) is 0.292. The van der Waals surface area contributed by atoms with Crippen LogP contribution in [0.1, 0.15) is 46.0 Å². The smallest absolute Gasteiger partial charge is 0.338 e. The predicted molar refractivity (Wildman–Crippen MR) is 130 cm³/mol. The molecule has 0 bridgehead atoms. The third-order valence-electron chi connectivity index (χ3n) is 4.95. The van der Waals surface area contributed by atoms with Gasteiger partial charge >= 0.3 is 5.97 Å². The van der Waals surface area contributed by atoms with E-state index in [0.29, 0.717) is 27.4 Å². The van der Waals surface area contributed by atoms with Crippen molar-refractivity contribution in [2.45, 2.75) is 40.0 Å². The third-order valence-corrected chi connectivity index (χ3v) is 5.43. The van der Waals surface area contributed by atoms with Gasteiger partial charge in [0, 0.05) is 18.3 Å². The van der Waals surface area contributed by atoms with Crippen molar-refractivity contribution in [3.63, 3.8) is 0 Å². The van der Waals surface area contributed by atoms with Crippen molar-refractivity contribution in [2.24, 2.45) is 7.05 Å². The topological polar surface area (TPSA) is 107 Å². The van der Waals surface area contributed by atoms with Crippen molar-refractivity contribution >= 4 is 35.7 Å². The molecular formula is C24H27N5O4S. The summed E-state index contributed by atoms with van der Waals surface area (Å²) in [4.78, 5) is 37.2. The van der Waals surface area contributed by atoms with Crippen LogP contribution in [-0.2, 0) is 29.7 Å². The monoisotopic (exact) mass is 481 g/mol. The summed E-state index contributed by atoms with van der Waals surface area (Å²) in [6.45, 7) is 5.43. The van der Waals surface area contributed by atoms with Crippen molar-refractivity contribution in [3.05, 3.63) is 75.8 Å². The molecule has 0 spiro atoms. The molecule has 2 N–H and O–H groups in total. The molecular weight excluding hydrogens is 454 g/mol. The summed E-state index contributed by atoms with van der Waals surface area (Å²) in [6, 6.07) is 13.8. The lowest BCUT2D eigenvalue weighted by molar-refractivity contribution is -0.116. The minimum Gasteiger partial charge on any atom is -0.459 e. The zero-order valence-electron chi connectivity index (χ0n) is 19.5. The second-order valence-electron chi connectivity index (χ2n) is 8.00. The van der Waals surface area contributed by atoms with Crippen LogP contribution in [0.2, 0.25) is 0 Å². The molecule has 0 radical (unpaired) electrons. The number of aryl methyl sites for hydroxylation is 1. The van der Waals surface area contributed by atoms with E-state index in [9.17, 15) is 14.4 Å². The highest BCUT2D eigenvalue weighted by atomic mass is 32.1. The quantitative estimate of drug-likeness (QED) is 0.377. The number of nitrogens with one attached hydrogen (secondary N) is 2. The summed E-state index contributed by atoms with van der Waals surface area (Å²) in [5.74, 6) is -0.528. The maximum absolute atomic E-state index is 12.6. The minimum absolute atomic E-state index is 0.126. The van der Waals surface area contributed by atoms with Crippen LogP contribution >= 0.6 is 12.2 Å². The van der Waals surface area contributed by atoms with Gasteiger partial charge in [0.25, 0.3) is 5.91 Å². The maximum Gasteiger partial charge on any atom is 0.338 e. The van der Waals surface area contributed by atoms with E-state index in [2.05, 4.69) is 15.7 Å². The number of carbonyl (C=O) groups excluding carboxylic acids is 3. The first-order chi connectivity index (χ1) is 16.2. The molecule has 0 saturated carbocycles. The summed E-state index contributed by atoms with van der Waals surface area (Å²) in [6.07, 6.45) is -0.243. The molecule has 0 aliphatic rings. The molecule has 0 aliphatic heterocycles. The van der Waals surface area contributed by atoms with Gasteiger partial charge in [0.05, 0.1) is 18.2 Å². The van der Waals surface area contributed by atoms with Gasteiger partial charge in [-0.3, -0.25) is 9.59 Å². The van der Waals surface area contributed by atoms with Gasteiger partial charge in [0.2, 0.25) is 5.91 Å². The molecule has 3 aromatic rings. The summed E-state index contributed by atoms with van der Waals surface area (Å²) in [5.41, 5.74) is 2.25. The molecule has 1 aromatic heterocycles. The molecule has 9 nitrogen and oxygen atoms in total. The first kappa shape index (κ1) is 24.8. The maximum atomic E-state index is 12.6. The molecule has 1 heterocycles. The Hall–Kier alpha value is -3.79. The summed E-state index contributed by atoms with van der Waals surface area (Å²) in [5, 5.41) is 9.96. The summed E-state index contributed by atoms with van der Waals surface area (Å²) in [7, 11) is 1.73. The lowest BCUT2D eigenvalue weighted by Gasteiger charge is -2.10. The zero-order chi connectivity index (χ0) is 24.8. The van der Waals surface area contributed by atoms with E-state index in [1.165, 1.54) is 4.68 Å². The summed E-state index contributed by atoms with van der Waals surface area (Å²) >= 11 is 5.40. The standard InChI is InChI=1S/C24H27N5O4S/c1-15(2)33-23(32)17-9-7-10-18(12-17)26-21(30)14-29-24(34)28(4)20(27-29)13-25-22(31)19-11-6-5-8-16(19)3/h5-12,15H,13-14H2,1-4H3,(H,25,31)(H,26,30). The average molecular weight is 482 g/mol. The van der Waals surface area contributed by atoms with Gasteiger partial charge in [-0.05, 0) is 62.8 Å². The van der Waals surface area contributed by atoms with Crippen LogP contribution in [0, 0.1) is 11.7 Å². The molecule has 2 aromatic carbocycles. The molecule has 2 amide bonds. The van der Waals surface area contributed by atoms with Gasteiger partial charge < -0.3 is 19.9 Å². The van der Waals surface area contributed by atoms with E-state index in [-0.39, 0.29) is 31.0 Å². The first-order valence-corrected chi connectivity index (χ1v) is 11.1. The molecule has 0 fully saturated rings. The van der Waals surface area contributed by atoms with Crippen LogP contribution in [0.3, 0.4) is 0 Å². The fourth-order valence-corrected chi connectivity index (χ4v) is 3.43. The lowest BCUT2D eigenvalue weighted by Crippen LogP contribution is -2.25. The van der Waals surface area contributed by atoms with E-state index in [1.807, 2.05) is 19.1 Å². The van der Waals surface area contributed by atoms with Crippen LogP contribution in [0.4, 0.5) is 5.69 Å². The predicted octanol–water partition coefficient (Wildman–Crippen LogP) is 3.39. The highest BCUT2D eigenvalue weighted by Gasteiger charge is 2.15. The number of ether oxygens (including phenoxy) is 1. The van der Waals surface area contributed by atoms with Crippen molar-refractivity contribution in [2.75, 3.05) is 5.32 Å². The lowest BCUT2D eigenvalue weighted by atomic mass is 10.1. The number of hydrogen-bond acceptors (Lipinski definition) is 6. The van der Waals surface area contributed by atoms with Gasteiger partial charge in [0.1, 0.15) is 6.54 Å². The van der Waals surface area contributed by atoms with Gasteiger partial charge in [-0.15, -0.1) is 0 Å². The Labute approximate surface area is 202 Å². The molecule has 34 heavy (non-hydrogen) atoms. The normalized spacial score (nSPS) is 10.7. The van der Waals surface area contributed by atoms with Crippen molar-refractivity contribution in [3.8, 4) is 0 Å². The van der Waals surface area contributed by atoms with Crippen molar-refractivity contribution < 1.29 is 19.1 Å². The molecule has 0 unspecified atom stereocenters. The number of aromatic nitrogens is 3. The number of rotatable bonds is 8. The summed E-state index contributed by atoms with van der Waals surface area (Å²) < 4.78 is 8.55.